The summed E-state index contributed by atoms with van der Waals surface area (Å²) in [7, 11) is 1.82. The van der Waals surface area contributed by atoms with E-state index in [1.807, 2.05) is 7.05 Å². The molecule has 0 radical (unpaired) electrons. The van der Waals surface area contributed by atoms with Gasteiger partial charge < -0.3 is 4.98 Å². The second-order valence-corrected chi connectivity index (χ2v) is 6.22. The summed E-state index contributed by atoms with van der Waals surface area (Å²) >= 11 is 6.12. The standard InChI is InChI=1S/C14H17ClF3N5/c1-22-11(10(15)5-20-22)8-23-4-2-3-9(7-23)13-19-6-12(21-13)14(16,17)18/h5-6,9H,2-4,7-8H2,1H3,(H,19,21). The first-order valence-corrected chi connectivity index (χ1v) is 7.73. The number of alkyl halides is 3. The number of likely N-dealkylation sites (tertiary alicyclic amines) is 1. The number of nitrogens with zero attached hydrogens (tertiary/aromatic N) is 4. The molecule has 1 aliphatic rings. The Balaban J connectivity index is 1.70. The van der Waals surface area contributed by atoms with E-state index in [-0.39, 0.29) is 5.92 Å². The zero-order chi connectivity index (χ0) is 16.6. The van der Waals surface area contributed by atoms with Crippen molar-refractivity contribution in [2.75, 3.05) is 13.1 Å². The van der Waals surface area contributed by atoms with Crippen LogP contribution in [0.15, 0.2) is 12.4 Å². The molecule has 1 saturated heterocycles. The number of hydrogen-bond donors (Lipinski definition) is 1. The normalized spacial score (nSPS) is 20.1. The molecule has 0 spiro atoms. The minimum absolute atomic E-state index is 0.0353. The molecule has 1 aliphatic heterocycles. The molecular formula is C14H17ClF3N5. The van der Waals surface area contributed by atoms with Gasteiger partial charge in [-0.25, -0.2) is 4.98 Å². The van der Waals surface area contributed by atoms with E-state index in [0.717, 1.165) is 31.3 Å². The van der Waals surface area contributed by atoms with Crippen LogP contribution in [0.5, 0.6) is 0 Å². The van der Waals surface area contributed by atoms with Gasteiger partial charge in [-0.3, -0.25) is 9.58 Å². The van der Waals surface area contributed by atoms with Crippen molar-refractivity contribution >= 4 is 11.6 Å². The van der Waals surface area contributed by atoms with Gasteiger partial charge in [-0.1, -0.05) is 11.6 Å². The number of piperidine rings is 1. The second-order valence-electron chi connectivity index (χ2n) is 5.82. The van der Waals surface area contributed by atoms with E-state index in [1.54, 1.807) is 10.9 Å². The van der Waals surface area contributed by atoms with Crippen LogP contribution in [0.4, 0.5) is 13.2 Å². The molecule has 0 aromatic carbocycles. The van der Waals surface area contributed by atoms with E-state index < -0.39 is 11.9 Å². The Morgan fingerprint density at radius 2 is 2.17 bits per heavy atom. The van der Waals surface area contributed by atoms with E-state index in [9.17, 15) is 13.2 Å². The van der Waals surface area contributed by atoms with E-state index in [2.05, 4.69) is 20.0 Å². The van der Waals surface area contributed by atoms with E-state index in [4.69, 9.17) is 11.6 Å². The third-order valence-corrected chi connectivity index (χ3v) is 4.49. The lowest BCUT2D eigenvalue weighted by molar-refractivity contribution is -0.141. The minimum Gasteiger partial charge on any atom is -0.338 e. The van der Waals surface area contributed by atoms with Crippen LogP contribution in [0, 0.1) is 0 Å². The molecule has 2 aromatic heterocycles. The highest BCUT2D eigenvalue weighted by atomic mass is 35.5. The smallest absolute Gasteiger partial charge is 0.338 e. The molecule has 0 aliphatic carbocycles. The van der Waals surface area contributed by atoms with Crippen LogP contribution in [-0.4, -0.2) is 37.7 Å². The summed E-state index contributed by atoms with van der Waals surface area (Å²) in [6.07, 6.45) is -0.197. The molecule has 1 atom stereocenters. The van der Waals surface area contributed by atoms with Gasteiger partial charge in [-0.05, 0) is 19.4 Å². The fourth-order valence-electron chi connectivity index (χ4n) is 2.94. The molecule has 1 unspecified atom stereocenters. The van der Waals surface area contributed by atoms with Crippen molar-refractivity contribution in [1.29, 1.82) is 0 Å². The number of H-pyrrole nitrogens is 1. The maximum absolute atomic E-state index is 12.7. The molecular weight excluding hydrogens is 331 g/mol. The van der Waals surface area contributed by atoms with E-state index >= 15 is 0 Å². The first-order chi connectivity index (χ1) is 10.8. The zero-order valence-corrected chi connectivity index (χ0v) is 13.3. The monoisotopic (exact) mass is 347 g/mol. The molecule has 0 saturated carbocycles. The second kappa shape index (κ2) is 6.16. The summed E-state index contributed by atoms with van der Waals surface area (Å²) in [5.41, 5.74) is 0.113. The summed E-state index contributed by atoms with van der Waals surface area (Å²) in [6, 6.07) is 0. The zero-order valence-electron chi connectivity index (χ0n) is 12.6. The van der Waals surface area contributed by atoms with Crippen molar-refractivity contribution in [2.45, 2.75) is 31.5 Å². The van der Waals surface area contributed by atoms with Gasteiger partial charge in [0.2, 0.25) is 0 Å². The Hall–Kier alpha value is -1.54. The van der Waals surface area contributed by atoms with Crippen molar-refractivity contribution in [1.82, 2.24) is 24.6 Å². The third kappa shape index (κ3) is 3.53. The summed E-state index contributed by atoms with van der Waals surface area (Å²) in [5, 5.41) is 4.71. The number of nitrogens with one attached hydrogen (secondary N) is 1. The first-order valence-electron chi connectivity index (χ1n) is 7.35. The highest BCUT2D eigenvalue weighted by Crippen LogP contribution is 2.31. The number of hydrogen-bond acceptors (Lipinski definition) is 3. The summed E-state index contributed by atoms with van der Waals surface area (Å²) in [4.78, 5) is 8.52. The Bertz CT molecular complexity index is 659. The van der Waals surface area contributed by atoms with Crippen molar-refractivity contribution < 1.29 is 13.2 Å². The molecule has 1 fully saturated rings. The lowest BCUT2D eigenvalue weighted by Gasteiger charge is -2.31. The van der Waals surface area contributed by atoms with Crippen molar-refractivity contribution in [3.05, 3.63) is 34.6 Å². The average Bonchev–Trinajstić information content (AvgIpc) is 3.10. The SMILES string of the molecule is Cn1ncc(Cl)c1CN1CCCC(c2ncc(C(F)(F)F)[nH]2)C1. The van der Waals surface area contributed by atoms with Gasteiger partial charge in [-0.2, -0.15) is 18.3 Å². The fourth-order valence-corrected chi connectivity index (χ4v) is 3.16. The largest absolute Gasteiger partial charge is 0.432 e. The number of rotatable bonds is 3. The van der Waals surface area contributed by atoms with E-state index in [1.165, 1.54) is 0 Å². The van der Waals surface area contributed by atoms with Crippen molar-refractivity contribution in [3.8, 4) is 0 Å². The van der Waals surface area contributed by atoms with Crippen LogP contribution in [-0.2, 0) is 19.8 Å². The maximum atomic E-state index is 12.7. The molecule has 2 aromatic rings. The Kier molecular flexibility index (Phi) is 4.37. The summed E-state index contributed by atoms with van der Waals surface area (Å²) < 4.78 is 39.8. The molecule has 9 heteroatoms. The maximum Gasteiger partial charge on any atom is 0.432 e. The highest BCUT2D eigenvalue weighted by molar-refractivity contribution is 6.31. The molecule has 5 nitrogen and oxygen atoms in total. The topological polar surface area (TPSA) is 49.7 Å². The molecule has 0 bridgehead atoms. The predicted octanol–water partition coefficient (Wildman–Crippen LogP) is 3.20. The van der Waals surface area contributed by atoms with Gasteiger partial charge in [0.1, 0.15) is 11.5 Å². The van der Waals surface area contributed by atoms with Crippen molar-refractivity contribution in [3.63, 3.8) is 0 Å². The Labute approximate surface area is 136 Å². The molecule has 3 rings (SSSR count). The molecule has 0 amide bonds. The van der Waals surface area contributed by atoms with Crippen molar-refractivity contribution in [2.24, 2.45) is 7.05 Å². The highest BCUT2D eigenvalue weighted by Gasteiger charge is 2.34. The number of halogens is 4. The van der Waals surface area contributed by atoms with Gasteiger partial charge >= 0.3 is 6.18 Å². The van der Waals surface area contributed by atoms with Crippen LogP contribution >= 0.6 is 11.6 Å². The van der Waals surface area contributed by atoms with Crippen LogP contribution in [0.1, 0.15) is 36.0 Å². The summed E-state index contributed by atoms with van der Waals surface area (Å²) in [5.74, 6) is 0.366. The van der Waals surface area contributed by atoms with Gasteiger partial charge in [0.05, 0.1) is 23.1 Å². The molecule has 1 N–H and O–H groups in total. The predicted molar refractivity (Wildman–Crippen MR) is 79.1 cm³/mol. The van der Waals surface area contributed by atoms with Crippen LogP contribution in [0.25, 0.3) is 0 Å². The Morgan fingerprint density at radius 1 is 1.39 bits per heavy atom. The van der Waals surface area contributed by atoms with E-state index in [0.29, 0.717) is 23.9 Å². The molecule has 3 heterocycles. The minimum atomic E-state index is -4.39. The fraction of sp³-hybridized carbons (Fsp3) is 0.571. The number of aryl methyl sites for hydroxylation is 1. The number of aromatic nitrogens is 4. The quantitative estimate of drug-likeness (QED) is 0.927. The number of imidazole rings is 1. The average molecular weight is 348 g/mol. The van der Waals surface area contributed by atoms with Gasteiger partial charge in [-0.15, -0.1) is 0 Å². The van der Waals surface area contributed by atoms with Gasteiger partial charge in [0.25, 0.3) is 0 Å². The molecule has 23 heavy (non-hydrogen) atoms. The third-order valence-electron chi connectivity index (χ3n) is 4.18. The van der Waals surface area contributed by atoms with Gasteiger partial charge in [0.15, 0.2) is 0 Å². The van der Waals surface area contributed by atoms with Crippen LogP contribution in [0.2, 0.25) is 5.02 Å². The van der Waals surface area contributed by atoms with Crippen LogP contribution in [0.3, 0.4) is 0 Å². The lowest BCUT2D eigenvalue weighted by Crippen LogP contribution is -2.35. The number of aromatic amines is 1. The Morgan fingerprint density at radius 3 is 2.78 bits per heavy atom. The first kappa shape index (κ1) is 16.3. The van der Waals surface area contributed by atoms with Gasteiger partial charge in [0, 0.05) is 26.1 Å². The molecule has 126 valence electrons. The lowest BCUT2D eigenvalue weighted by atomic mass is 9.97. The summed E-state index contributed by atoms with van der Waals surface area (Å²) in [6.45, 7) is 2.15. The van der Waals surface area contributed by atoms with Crippen LogP contribution < -0.4 is 0 Å².